The minimum absolute atomic E-state index is 0.101. The van der Waals surface area contributed by atoms with E-state index in [0.717, 1.165) is 12.0 Å². The molecule has 0 fully saturated rings. The zero-order valence-corrected chi connectivity index (χ0v) is 15.8. The van der Waals surface area contributed by atoms with Gasteiger partial charge in [0.05, 0.1) is 5.92 Å². The van der Waals surface area contributed by atoms with Gasteiger partial charge in [-0.3, -0.25) is 9.59 Å². The van der Waals surface area contributed by atoms with Crippen molar-refractivity contribution in [3.05, 3.63) is 71.5 Å². The number of esters is 1. The molecule has 0 radical (unpaired) electrons. The molecule has 0 aliphatic rings. The lowest BCUT2D eigenvalue weighted by Gasteiger charge is -2.21. The number of benzene rings is 2. The summed E-state index contributed by atoms with van der Waals surface area (Å²) in [6.07, 6.45) is 1.20. The topological polar surface area (TPSA) is 55.4 Å². The Labute approximate surface area is 159 Å². The lowest BCUT2D eigenvalue weighted by molar-refractivity contribution is -0.151. The van der Waals surface area contributed by atoms with Crippen molar-refractivity contribution in [1.29, 1.82) is 0 Å². The molecule has 27 heavy (non-hydrogen) atoms. The Morgan fingerprint density at radius 1 is 1.07 bits per heavy atom. The molecule has 4 nitrogen and oxygen atoms in total. The number of nitrogens with one attached hydrogen (secondary N) is 1. The van der Waals surface area contributed by atoms with E-state index >= 15 is 0 Å². The number of halogens is 1. The molecule has 0 aliphatic heterocycles. The maximum atomic E-state index is 13.5. The van der Waals surface area contributed by atoms with E-state index in [4.69, 9.17) is 4.74 Å². The van der Waals surface area contributed by atoms with Gasteiger partial charge in [0.2, 0.25) is 0 Å². The summed E-state index contributed by atoms with van der Waals surface area (Å²) in [4.78, 5) is 24.5. The van der Waals surface area contributed by atoms with Crippen LogP contribution in [0.15, 0.2) is 54.6 Å². The molecule has 0 saturated heterocycles. The third kappa shape index (κ3) is 6.20. The standard InChI is InChI=1S/C22H26FNO3/c1-3-16(2)21(18-10-5-4-6-11-18)22(26)27-15-20(25)24-14-13-17-9-7-8-12-19(17)23/h4-12,16,21H,3,13-15H2,1-2H3,(H,24,25)/t16-,21-/m1/s1. The fraction of sp³-hybridized carbons (Fsp3) is 0.364. The first-order chi connectivity index (χ1) is 13.0. The monoisotopic (exact) mass is 371 g/mol. The van der Waals surface area contributed by atoms with Crippen LogP contribution in [0.3, 0.4) is 0 Å². The van der Waals surface area contributed by atoms with Crippen LogP contribution in [-0.4, -0.2) is 25.0 Å². The van der Waals surface area contributed by atoms with Crippen LogP contribution >= 0.6 is 0 Å². The van der Waals surface area contributed by atoms with E-state index in [1.54, 1.807) is 18.2 Å². The number of carbonyl (C=O) groups is 2. The van der Waals surface area contributed by atoms with E-state index in [2.05, 4.69) is 5.32 Å². The molecule has 0 spiro atoms. The molecule has 0 bridgehead atoms. The Hall–Kier alpha value is -2.69. The molecule has 144 valence electrons. The van der Waals surface area contributed by atoms with E-state index in [1.165, 1.54) is 6.07 Å². The molecule has 1 amide bonds. The lowest BCUT2D eigenvalue weighted by Crippen LogP contribution is -2.32. The average molecular weight is 371 g/mol. The predicted molar refractivity (Wildman–Crippen MR) is 103 cm³/mol. The molecule has 2 aromatic carbocycles. The first-order valence-corrected chi connectivity index (χ1v) is 9.24. The quantitative estimate of drug-likeness (QED) is 0.681. The van der Waals surface area contributed by atoms with Crippen LogP contribution in [0.1, 0.15) is 37.3 Å². The van der Waals surface area contributed by atoms with Crippen LogP contribution in [0.5, 0.6) is 0 Å². The largest absolute Gasteiger partial charge is 0.455 e. The van der Waals surface area contributed by atoms with Crippen LogP contribution < -0.4 is 5.32 Å². The van der Waals surface area contributed by atoms with Gasteiger partial charge in [0.25, 0.3) is 5.91 Å². The first-order valence-electron chi connectivity index (χ1n) is 9.24. The van der Waals surface area contributed by atoms with Gasteiger partial charge in [-0.05, 0) is 29.5 Å². The summed E-state index contributed by atoms with van der Waals surface area (Å²) in [5, 5.41) is 2.65. The van der Waals surface area contributed by atoms with Gasteiger partial charge in [-0.25, -0.2) is 4.39 Å². The molecule has 5 heteroatoms. The average Bonchev–Trinajstić information content (AvgIpc) is 2.68. The molecule has 0 unspecified atom stereocenters. The molecule has 0 aliphatic carbocycles. The maximum Gasteiger partial charge on any atom is 0.314 e. The molecule has 1 N–H and O–H groups in total. The van der Waals surface area contributed by atoms with E-state index in [-0.39, 0.29) is 24.9 Å². The minimum Gasteiger partial charge on any atom is -0.455 e. The third-order valence-corrected chi connectivity index (χ3v) is 4.65. The van der Waals surface area contributed by atoms with Gasteiger partial charge >= 0.3 is 5.97 Å². The molecule has 0 aromatic heterocycles. The number of hydrogen-bond donors (Lipinski definition) is 1. The Balaban J connectivity index is 1.83. The summed E-state index contributed by atoms with van der Waals surface area (Å²) in [6, 6.07) is 15.9. The Morgan fingerprint density at radius 2 is 1.74 bits per heavy atom. The van der Waals surface area contributed by atoms with Gasteiger partial charge in [-0.15, -0.1) is 0 Å². The Bertz CT molecular complexity index is 748. The SMILES string of the molecule is CC[C@@H](C)[C@@H](C(=O)OCC(=O)NCCc1ccccc1F)c1ccccc1. The minimum atomic E-state index is -0.403. The zero-order chi connectivity index (χ0) is 19.6. The van der Waals surface area contributed by atoms with Crippen LogP contribution in [0.25, 0.3) is 0 Å². The molecule has 2 rings (SSSR count). The van der Waals surface area contributed by atoms with Crippen molar-refractivity contribution in [2.45, 2.75) is 32.6 Å². The molecule has 0 heterocycles. The molecule has 2 aromatic rings. The molecule has 0 saturated carbocycles. The van der Waals surface area contributed by atoms with E-state index < -0.39 is 17.8 Å². The van der Waals surface area contributed by atoms with Gasteiger partial charge in [-0.2, -0.15) is 0 Å². The van der Waals surface area contributed by atoms with Crippen LogP contribution in [0, 0.1) is 11.7 Å². The summed E-state index contributed by atoms with van der Waals surface area (Å²) in [5.74, 6) is -1.39. The number of carbonyl (C=O) groups excluding carboxylic acids is 2. The molecule has 2 atom stereocenters. The van der Waals surface area contributed by atoms with E-state index in [9.17, 15) is 14.0 Å². The second-order valence-electron chi connectivity index (χ2n) is 6.57. The van der Waals surface area contributed by atoms with Crippen molar-refractivity contribution in [1.82, 2.24) is 5.32 Å². The van der Waals surface area contributed by atoms with Crippen LogP contribution in [0.2, 0.25) is 0 Å². The highest BCUT2D eigenvalue weighted by molar-refractivity contribution is 5.83. The highest BCUT2D eigenvalue weighted by Crippen LogP contribution is 2.28. The zero-order valence-electron chi connectivity index (χ0n) is 15.8. The Morgan fingerprint density at radius 3 is 2.41 bits per heavy atom. The van der Waals surface area contributed by atoms with Gasteiger partial charge in [0, 0.05) is 6.54 Å². The van der Waals surface area contributed by atoms with Gasteiger partial charge in [0.1, 0.15) is 5.82 Å². The third-order valence-electron chi connectivity index (χ3n) is 4.65. The maximum absolute atomic E-state index is 13.5. The van der Waals surface area contributed by atoms with Gasteiger partial charge in [0.15, 0.2) is 6.61 Å². The summed E-state index contributed by atoms with van der Waals surface area (Å²) in [5.41, 5.74) is 1.42. The fourth-order valence-electron chi connectivity index (χ4n) is 2.91. The summed E-state index contributed by atoms with van der Waals surface area (Å²) in [7, 11) is 0. The molecular formula is C22H26FNO3. The lowest BCUT2D eigenvalue weighted by atomic mass is 9.86. The van der Waals surface area contributed by atoms with Crippen molar-refractivity contribution in [3.8, 4) is 0 Å². The number of hydrogen-bond acceptors (Lipinski definition) is 3. The number of rotatable bonds is 9. The van der Waals surface area contributed by atoms with Crippen molar-refractivity contribution in [2.24, 2.45) is 5.92 Å². The first kappa shape index (κ1) is 20.6. The van der Waals surface area contributed by atoms with E-state index in [0.29, 0.717) is 12.0 Å². The molecular weight excluding hydrogens is 345 g/mol. The van der Waals surface area contributed by atoms with E-state index in [1.807, 2.05) is 44.2 Å². The smallest absolute Gasteiger partial charge is 0.314 e. The fourth-order valence-corrected chi connectivity index (χ4v) is 2.91. The second-order valence-corrected chi connectivity index (χ2v) is 6.57. The van der Waals surface area contributed by atoms with Crippen LogP contribution in [-0.2, 0) is 20.7 Å². The summed E-state index contributed by atoms with van der Waals surface area (Å²) >= 11 is 0. The van der Waals surface area contributed by atoms with Crippen LogP contribution in [0.4, 0.5) is 4.39 Å². The van der Waals surface area contributed by atoms with Crippen molar-refractivity contribution >= 4 is 11.9 Å². The highest BCUT2D eigenvalue weighted by Gasteiger charge is 2.27. The van der Waals surface area contributed by atoms with Crippen molar-refractivity contribution < 1.29 is 18.7 Å². The van der Waals surface area contributed by atoms with Gasteiger partial charge < -0.3 is 10.1 Å². The number of amides is 1. The highest BCUT2D eigenvalue weighted by atomic mass is 19.1. The predicted octanol–water partition coefficient (Wildman–Crippen LogP) is 3.86. The normalized spacial score (nSPS) is 12.9. The Kier molecular flexibility index (Phi) is 7.99. The van der Waals surface area contributed by atoms with Crippen molar-refractivity contribution in [2.75, 3.05) is 13.2 Å². The second kappa shape index (κ2) is 10.5. The number of ether oxygens (including phenoxy) is 1. The summed E-state index contributed by atoms with van der Waals surface area (Å²) in [6.45, 7) is 3.96. The van der Waals surface area contributed by atoms with Crippen molar-refractivity contribution in [3.63, 3.8) is 0 Å². The van der Waals surface area contributed by atoms with Gasteiger partial charge in [-0.1, -0.05) is 68.8 Å². The summed E-state index contributed by atoms with van der Waals surface area (Å²) < 4.78 is 18.8.